The molecular formula is C24H26F6N4O3. The maximum Gasteiger partial charge on any atom is 0.433 e. The molecule has 0 bridgehead atoms. The molecule has 3 heterocycles. The van der Waals surface area contributed by atoms with Crippen molar-refractivity contribution in [3.63, 3.8) is 0 Å². The van der Waals surface area contributed by atoms with E-state index in [1.54, 1.807) is 20.8 Å². The Morgan fingerprint density at radius 2 is 1.86 bits per heavy atom. The average Bonchev–Trinajstić information content (AvgIpc) is 3.11. The van der Waals surface area contributed by atoms with Gasteiger partial charge in [0.1, 0.15) is 18.1 Å². The first-order chi connectivity index (χ1) is 17.1. The van der Waals surface area contributed by atoms with Crippen LogP contribution in [0.1, 0.15) is 56.5 Å². The molecular weight excluding hydrogens is 506 g/mol. The van der Waals surface area contributed by atoms with Crippen LogP contribution in [-0.4, -0.2) is 38.3 Å². The van der Waals surface area contributed by atoms with E-state index in [0.717, 1.165) is 22.9 Å². The van der Waals surface area contributed by atoms with E-state index in [0.29, 0.717) is 0 Å². The number of imidazole rings is 1. The molecule has 0 radical (unpaired) electrons. The van der Waals surface area contributed by atoms with Crippen molar-refractivity contribution < 1.29 is 36.2 Å². The van der Waals surface area contributed by atoms with Crippen LogP contribution < -0.4 is 15.7 Å². The number of piperidine rings is 1. The third-order valence-corrected chi connectivity index (χ3v) is 6.40. The van der Waals surface area contributed by atoms with Gasteiger partial charge in [0.05, 0.1) is 22.2 Å². The van der Waals surface area contributed by atoms with E-state index >= 15 is 0 Å². The molecule has 1 fully saturated rings. The van der Waals surface area contributed by atoms with Gasteiger partial charge in [0, 0.05) is 36.0 Å². The molecule has 0 saturated carbocycles. The number of hydrogen-bond acceptors (Lipinski definition) is 5. The maximum atomic E-state index is 13.9. The highest BCUT2D eigenvalue weighted by Crippen LogP contribution is 2.39. The summed E-state index contributed by atoms with van der Waals surface area (Å²) in [4.78, 5) is 18.2. The molecule has 202 valence electrons. The van der Waals surface area contributed by atoms with Crippen LogP contribution in [0.5, 0.6) is 5.75 Å². The summed E-state index contributed by atoms with van der Waals surface area (Å²) in [5, 5.41) is 14.4. The van der Waals surface area contributed by atoms with Crippen LogP contribution in [0.25, 0.3) is 11.0 Å². The summed E-state index contributed by atoms with van der Waals surface area (Å²) < 4.78 is 86.9. The fraction of sp³-hybridized carbons (Fsp3) is 0.500. The van der Waals surface area contributed by atoms with Gasteiger partial charge in [-0.1, -0.05) is 6.07 Å². The van der Waals surface area contributed by atoms with Gasteiger partial charge in [-0.2, -0.15) is 26.3 Å². The highest BCUT2D eigenvalue weighted by molar-refractivity contribution is 5.81. The summed E-state index contributed by atoms with van der Waals surface area (Å²) in [6, 6.07) is 2.77. The molecule has 37 heavy (non-hydrogen) atoms. The lowest BCUT2D eigenvalue weighted by molar-refractivity contribution is -0.141. The standard InChI is InChI=1S/C24H26F6N4O3/c1-12(2)34-20-17(23(25,26)27)6-16(7-18(20)33-21(34)35)37-11-15-9-22(36,8-13(3)32-15)14-4-5-19(31-10-14)24(28,29)30/h4-7,10,12-13,15,32,36H,8-9,11H2,1-3H3,(H,33,35)/t13-,15-,22-/m0/s1. The predicted octanol–water partition coefficient (Wildman–Crippen LogP) is 4.75. The Labute approximate surface area is 207 Å². The SMILES string of the molecule is CC(C)n1c(=O)[nH]c2cc(OC[C@@H]3C[C@](O)(c4ccc(C(F)(F)F)nc4)C[C@H](C)N3)cc(C(F)(F)F)c21. The number of aromatic nitrogens is 3. The molecule has 1 aliphatic heterocycles. The van der Waals surface area contributed by atoms with Gasteiger partial charge >= 0.3 is 18.0 Å². The van der Waals surface area contributed by atoms with Gasteiger partial charge in [0.25, 0.3) is 0 Å². The number of H-pyrrole nitrogens is 1. The molecule has 1 aliphatic rings. The molecule has 7 nitrogen and oxygen atoms in total. The van der Waals surface area contributed by atoms with Gasteiger partial charge in [0.15, 0.2) is 0 Å². The third-order valence-electron chi connectivity index (χ3n) is 6.40. The summed E-state index contributed by atoms with van der Waals surface area (Å²) in [5.41, 5.74) is -4.39. The fourth-order valence-corrected chi connectivity index (χ4v) is 4.93. The Hall–Kier alpha value is -3.06. The monoisotopic (exact) mass is 532 g/mol. The normalized spacial score (nSPS) is 23.1. The zero-order valence-electron chi connectivity index (χ0n) is 20.2. The molecule has 13 heteroatoms. The highest BCUT2D eigenvalue weighted by atomic mass is 19.4. The van der Waals surface area contributed by atoms with Crippen LogP contribution in [0, 0.1) is 0 Å². The summed E-state index contributed by atoms with van der Waals surface area (Å²) in [7, 11) is 0. The molecule has 2 aromatic heterocycles. The van der Waals surface area contributed by atoms with E-state index in [9.17, 15) is 36.2 Å². The number of alkyl halides is 6. The van der Waals surface area contributed by atoms with Gasteiger partial charge in [-0.3, -0.25) is 9.55 Å². The first kappa shape index (κ1) is 27.0. The van der Waals surface area contributed by atoms with E-state index in [1.165, 1.54) is 12.1 Å². The minimum absolute atomic E-state index is 0.0270. The van der Waals surface area contributed by atoms with Gasteiger partial charge in [-0.15, -0.1) is 0 Å². The number of halogens is 6. The Morgan fingerprint density at radius 1 is 1.16 bits per heavy atom. The molecule has 1 aromatic carbocycles. The number of rotatable bonds is 5. The molecule has 4 rings (SSSR count). The van der Waals surface area contributed by atoms with E-state index < -0.39 is 47.0 Å². The zero-order valence-corrected chi connectivity index (χ0v) is 20.2. The van der Waals surface area contributed by atoms with Crippen LogP contribution in [0.4, 0.5) is 26.3 Å². The number of aromatic amines is 1. The van der Waals surface area contributed by atoms with Gasteiger partial charge < -0.3 is 20.1 Å². The van der Waals surface area contributed by atoms with Crippen LogP contribution >= 0.6 is 0 Å². The van der Waals surface area contributed by atoms with E-state index in [4.69, 9.17) is 4.74 Å². The van der Waals surface area contributed by atoms with Gasteiger partial charge in [-0.25, -0.2) is 4.79 Å². The maximum absolute atomic E-state index is 13.9. The molecule has 0 amide bonds. The Balaban J connectivity index is 1.58. The number of benzene rings is 1. The number of nitrogens with zero attached hydrogens (tertiary/aromatic N) is 2. The second-order valence-corrected chi connectivity index (χ2v) is 9.70. The molecule has 1 saturated heterocycles. The van der Waals surface area contributed by atoms with E-state index in [1.807, 2.05) is 0 Å². The first-order valence-electron chi connectivity index (χ1n) is 11.6. The Morgan fingerprint density at radius 3 is 2.43 bits per heavy atom. The molecule has 0 unspecified atom stereocenters. The number of ether oxygens (including phenoxy) is 1. The highest BCUT2D eigenvalue weighted by Gasteiger charge is 2.41. The van der Waals surface area contributed by atoms with Crippen molar-refractivity contribution in [2.75, 3.05) is 6.61 Å². The summed E-state index contributed by atoms with van der Waals surface area (Å²) in [6.07, 6.45) is -8.17. The number of hydrogen-bond donors (Lipinski definition) is 3. The lowest BCUT2D eigenvalue weighted by Crippen LogP contribution is -2.53. The fourth-order valence-electron chi connectivity index (χ4n) is 4.93. The van der Waals surface area contributed by atoms with Crippen molar-refractivity contribution in [2.45, 2.75) is 69.7 Å². The average molecular weight is 532 g/mol. The summed E-state index contributed by atoms with van der Waals surface area (Å²) >= 11 is 0. The third kappa shape index (κ3) is 5.47. The molecule has 3 atom stereocenters. The molecule has 3 aromatic rings. The summed E-state index contributed by atoms with van der Waals surface area (Å²) in [5.74, 6) is -0.128. The quantitative estimate of drug-likeness (QED) is 0.413. The van der Waals surface area contributed by atoms with E-state index in [2.05, 4.69) is 15.3 Å². The smallest absolute Gasteiger partial charge is 0.433 e. The largest absolute Gasteiger partial charge is 0.492 e. The van der Waals surface area contributed by atoms with Crippen molar-refractivity contribution in [2.24, 2.45) is 0 Å². The predicted molar refractivity (Wildman–Crippen MR) is 122 cm³/mol. The lowest BCUT2D eigenvalue weighted by Gasteiger charge is -2.41. The number of aliphatic hydroxyl groups is 1. The van der Waals surface area contributed by atoms with E-state index in [-0.39, 0.29) is 47.8 Å². The number of pyridine rings is 1. The van der Waals surface area contributed by atoms with Crippen molar-refractivity contribution in [1.29, 1.82) is 0 Å². The van der Waals surface area contributed by atoms with Crippen molar-refractivity contribution in [1.82, 2.24) is 19.9 Å². The van der Waals surface area contributed by atoms with Crippen LogP contribution in [0.15, 0.2) is 35.3 Å². The minimum atomic E-state index is -4.75. The lowest BCUT2D eigenvalue weighted by atomic mass is 9.79. The van der Waals surface area contributed by atoms with Gasteiger partial charge in [0.2, 0.25) is 0 Å². The van der Waals surface area contributed by atoms with Crippen LogP contribution in [0.3, 0.4) is 0 Å². The minimum Gasteiger partial charge on any atom is -0.492 e. The van der Waals surface area contributed by atoms with Crippen LogP contribution in [0.2, 0.25) is 0 Å². The van der Waals surface area contributed by atoms with Crippen molar-refractivity contribution in [3.05, 3.63) is 57.8 Å². The van der Waals surface area contributed by atoms with Crippen molar-refractivity contribution in [3.8, 4) is 5.75 Å². The second kappa shape index (κ2) is 9.35. The first-order valence-corrected chi connectivity index (χ1v) is 11.6. The topological polar surface area (TPSA) is 92.2 Å². The molecule has 0 aliphatic carbocycles. The summed E-state index contributed by atoms with van der Waals surface area (Å²) in [6.45, 7) is 4.82. The van der Waals surface area contributed by atoms with Crippen molar-refractivity contribution >= 4 is 11.0 Å². The van der Waals surface area contributed by atoms with Gasteiger partial charge in [-0.05, 0) is 45.7 Å². The number of fused-ring (bicyclic) bond motifs is 1. The number of nitrogens with one attached hydrogen (secondary N) is 2. The van der Waals surface area contributed by atoms with Crippen LogP contribution in [-0.2, 0) is 18.0 Å². The second-order valence-electron chi connectivity index (χ2n) is 9.70. The Kier molecular flexibility index (Phi) is 6.82. The molecule has 0 spiro atoms. The molecule has 3 N–H and O–H groups in total. The zero-order chi connectivity index (χ0) is 27.3. The Bertz CT molecular complexity index is 1330.